The Balaban J connectivity index is 1.90. The first-order chi connectivity index (χ1) is 8.83. The highest BCUT2D eigenvalue weighted by molar-refractivity contribution is 5.69. The summed E-state index contributed by atoms with van der Waals surface area (Å²) in [5, 5.41) is 3.31. The molecule has 1 rings (SSSR count). The molecule has 18 heavy (non-hydrogen) atoms. The lowest BCUT2D eigenvalue weighted by molar-refractivity contribution is -0.145. The number of ether oxygens (including phenoxy) is 1. The average Bonchev–Trinajstić information content (AvgIpc) is 2.39. The highest BCUT2D eigenvalue weighted by atomic mass is 16.5. The summed E-state index contributed by atoms with van der Waals surface area (Å²) in [6, 6.07) is 0. The van der Waals surface area contributed by atoms with Gasteiger partial charge in [-0.15, -0.1) is 0 Å². The molecule has 1 saturated heterocycles. The lowest BCUT2D eigenvalue weighted by atomic mass is 9.95. The lowest BCUT2D eigenvalue weighted by Crippen LogP contribution is -2.29. The molecule has 1 aliphatic heterocycles. The van der Waals surface area contributed by atoms with Gasteiger partial charge in [-0.3, -0.25) is 4.79 Å². The van der Waals surface area contributed by atoms with Crippen molar-refractivity contribution in [3.8, 4) is 0 Å². The fourth-order valence-corrected chi connectivity index (χ4v) is 2.45. The molecule has 1 N–H and O–H groups in total. The first kappa shape index (κ1) is 15.5. The fraction of sp³-hybridized carbons (Fsp3) is 0.933. The monoisotopic (exact) mass is 255 g/mol. The predicted octanol–water partition coefficient (Wildman–Crippen LogP) is 3.28. The Bertz CT molecular complexity index is 213. The summed E-state index contributed by atoms with van der Waals surface area (Å²) in [6.45, 7) is 4.95. The number of nitrogens with one attached hydrogen (secondary N) is 1. The van der Waals surface area contributed by atoms with Crippen molar-refractivity contribution in [2.75, 3.05) is 19.7 Å². The molecule has 3 heteroatoms. The van der Waals surface area contributed by atoms with Crippen LogP contribution in [0.25, 0.3) is 0 Å². The third-order valence-corrected chi connectivity index (χ3v) is 3.68. The number of hydrogen-bond donors (Lipinski definition) is 1. The number of esters is 1. The molecular formula is C15H29NO2. The van der Waals surface area contributed by atoms with Gasteiger partial charge in [-0.05, 0) is 38.3 Å². The zero-order valence-electron chi connectivity index (χ0n) is 11.9. The first-order valence-corrected chi connectivity index (χ1v) is 7.69. The molecule has 1 heterocycles. The van der Waals surface area contributed by atoms with Gasteiger partial charge in [0.15, 0.2) is 0 Å². The summed E-state index contributed by atoms with van der Waals surface area (Å²) >= 11 is 0. The zero-order chi connectivity index (χ0) is 13.1. The van der Waals surface area contributed by atoms with Crippen molar-refractivity contribution in [1.82, 2.24) is 5.32 Å². The van der Waals surface area contributed by atoms with Gasteiger partial charge in [0, 0.05) is 6.42 Å². The SMILES string of the molecule is CCCCCCCCOC(=O)CC1CCNCC1. The molecule has 0 unspecified atom stereocenters. The second-order valence-electron chi connectivity index (χ2n) is 5.39. The fourth-order valence-electron chi connectivity index (χ4n) is 2.45. The number of unbranched alkanes of at least 4 members (excludes halogenated alkanes) is 5. The van der Waals surface area contributed by atoms with Crippen molar-refractivity contribution >= 4 is 5.97 Å². The Labute approximate surface area is 112 Å². The van der Waals surface area contributed by atoms with Crippen molar-refractivity contribution in [1.29, 1.82) is 0 Å². The minimum absolute atomic E-state index is 0.00968. The van der Waals surface area contributed by atoms with Crippen LogP contribution in [0.5, 0.6) is 0 Å². The number of piperidine rings is 1. The molecule has 0 aromatic carbocycles. The van der Waals surface area contributed by atoms with Gasteiger partial charge in [0.2, 0.25) is 0 Å². The minimum atomic E-state index is 0.00968. The van der Waals surface area contributed by atoms with Gasteiger partial charge in [0.25, 0.3) is 0 Å². The lowest BCUT2D eigenvalue weighted by Gasteiger charge is -2.21. The molecule has 0 aromatic rings. The molecule has 106 valence electrons. The summed E-state index contributed by atoms with van der Waals surface area (Å²) in [6.07, 6.45) is 10.3. The van der Waals surface area contributed by atoms with Gasteiger partial charge < -0.3 is 10.1 Å². The van der Waals surface area contributed by atoms with Crippen LogP contribution in [0.1, 0.15) is 64.7 Å². The Morgan fingerprint density at radius 1 is 1.11 bits per heavy atom. The third-order valence-electron chi connectivity index (χ3n) is 3.68. The second-order valence-corrected chi connectivity index (χ2v) is 5.39. The highest BCUT2D eigenvalue weighted by Gasteiger charge is 2.17. The Hall–Kier alpha value is -0.570. The van der Waals surface area contributed by atoms with Crippen molar-refractivity contribution in [3.63, 3.8) is 0 Å². The van der Waals surface area contributed by atoms with E-state index in [9.17, 15) is 4.79 Å². The van der Waals surface area contributed by atoms with Crippen LogP contribution in [0.15, 0.2) is 0 Å². The van der Waals surface area contributed by atoms with Crippen LogP contribution < -0.4 is 5.32 Å². The van der Waals surface area contributed by atoms with Gasteiger partial charge in [0.1, 0.15) is 0 Å². The van der Waals surface area contributed by atoms with E-state index in [4.69, 9.17) is 4.74 Å². The van der Waals surface area contributed by atoms with E-state index >= 15 is 0 Å². The van der Waals surface area contributed by atoms with Gasteiger partial charge in [0.05, 0.1) is 6.61 Å². The number of hydrogen-bond acceptors (Lipinski definition) is 3. The molecule has 0 atom stereocenters. The summed E-state index contributed by atoms with van der Waals surface area (Å²) in [4.78, 5) is 11.6. The quantitative estimate of drug-likeness (QED) is 0.507. The minimum Gasteiger partial charge on any atom is -0.466 e. The average molecular weight is 255 g/mol. The van der Waals surface area contributed by atoms with Crippen LogP contribution in [0.2, 0.25) is 0 Å². The molecule has 3 nitrogen and oxygen atoms in total. The molecule has 0 saturated carbocycles. The molecule has 1 aliphatic rings. The molecule has 0 amide bonds. The predicted molar refractivity (Wildman–Crippen MR) is 74.5 cm³/mol. The van der Waals surface area contributed by atoms with Gasteiger partial charge in [-0.1, -0.05) is 39.0 Å². The van der Waals surface area contributed by atoms with E-state index in [1.54, 1.807) is 0 Å². The van der Waals surface area contributed by atoms with Crippen molar-refractivity contribution in [3.05, 3.63) is 0 Å². The largest absolute Gasteiger partial charge is 0.466 e. The first-order valence-electron chi connectivity index (χ1n) is 7.69. The normalized spacial score (nSPS) is 16.7. The van der Waals surface area contributed by atoms with E-state index in [2.05, 4.69) is 12.2 Å². The van der Waals surface area contributed by atoms with Crippen LogP contribution >= 0.6 is 0 Å². The summed E-state index contributed by atoms with van der Waals surface area (Å²) in [5.74, 6) is 0.554. The van der Waals surface area contributed by atoms with Crippen molar-refractivity contribution in [2.45, 2.75) is 64.7 Å². The maximum absolute atomic E-state index is 11.6. The maximum atomic E-state index is 11.6. The summed E-state index contributed by atoms with van der Waals surface area (Å²) in [7, 11) is 0. The van der Waals surface area contributed by atoms with Crippen LogP contribution in [0.3, 0.4) is 0 Å². The third kappa shape index (κ3) is 7.70. The van der Waals surface area contributed by atoms with E-state index in [0.717, 1.165) is 32.4 Å². The van der Waals surface area contributed by atoms with E-state index in [1.807, 2.05) is 0 Å². The molecule has 0 spiro atoms. The highest BCUT2D eigenvalue weighted by Crippen LogP contribution is 2.16. The summed E-state index contributed by atoms with van der Waals surface area (Å²) in [5.41, 5.74) is 0. The van der Waals surface area contributed by atoms with E-state index in [0.29, 0.717) is 18.9 Å². The van der Waals surface area contributed by atoms with Crippen LogP contribution in [-0.2, 0) is 9.53 Å². The van der Waals surface area contributed by atoms with Crippen LogP contribution in [-0.4, -0.2) is 25.7 Å². The topological polar surface area (TPSA) is 38.3 Å². The zero-order valence-corrected chi connectivity index (χ0v) is 11.9. The molecule has 0 aliphatic carbocycles. The maximum Gasteiger partial charge on any atom is 0.306 e. The Morgan fingerprint density at radius 2 is 1.78 bits per heavy atom. The molecule has 0 radical (unpaired) electrons. The number of carbonyl (C=O) groups excluding carboxylic acids is 1. The summed E-state index contributed by atoms with van der Waals surface area (Å²) < 4.78 is 5.29. The Kier molecular flexibility index (Phi) is 8.92. The van der Waals surface area contributed by atoms with Gasteiger partial charge in [-0.25, -0.2) is 0 Å². The van der Waals surface area contributed by atoms with Crippen LogP contribution in [0, 0.1) is 5.92 Å². The molecule has 0 aromatic heterocycles. The van der Waals surface area contributed by atoms with E-state index < -0.39 is 0 Å². The number of rotatable bonds is 9. The van der Waals surface area contributed by atoms with Crippen LogP contribution in [0.4, 0.5) is 0 Å². The van der Waals surface area contributed by atoms with E-state index in [1.165, 1.54) is 32.1 Å². The van der Waals surface area contributed by atoms with Crippen molar-refractivity contribution < 1.29 is 9.53 Å². The molecule has 0 bridgehead atoms. The van der Waals surface area contributed by atoms with E-state index in [-0.39, 0.29) is 5.97 Å². The number of carbonyl (C=O) groups is 1. The molecule has 1 fully saturated rings. The van der Waals surface area contributed by atoms with Gasteiger partial charge in [-0.2, -0.15) is 0 Å². The van der Waals surface area contributed by atoms with Crippen molar-refractivity contribution in [2.24, 2.45) is 5.92 Å². The second kappa shape index (κ2) is 10.4. The standard InChI is InChI=1S/C15H29NO2/c1-2-3-4-5-6-7-12-18-15(17)13-14-8-10-16-11-9-14/h14,16H,2-13H2,1H3. The smallest absolute Gasteiger partial charge is 0.306 e. The Morgan fingerprint density at radius 3 is 2.50 bits per heavy atom. The van der Waals surface area contributed by atoms with Gasteiger partial charge >= 0.3 is 5.97 Å². The molecular weight excluding hydrogens is 226 g/mol.